The molecule has 1 aromatic rings. The Bertz CT molecular complexity index is 650. The van der Waals surface area contributed by atoms with Crippen LogP contribution < -0.4 is 10.6 Å². The molecule has 0 spiro atoms. The predicted molar refractivity (Wildman–Crippen MR) is 88.0 cm³/mol. The van der Waals surface area contributed by atoms with Crippen LogP contribution in [-0.2, 0) is 4.57 Å². The van der Waals surface area contributed by atoms with E-state index in [1.54, 1.807) is 5.82 Å². The highest BCUT2D eigenvalue weighted by Crippen LogP contribution is 2.61. The van der Waals surface area contributed by atoms with Crippen molar-refractivity contribution in [2.24, 2.45) is 0 Å². The van der Waals surface area contributed by atoms with Crippen molar-refractivity contribution in [2.75, 3.05) is 31.5 Å². The van der Waals surface area contributed by atoms with Gasteiger partial charge in [-0.1, -0.05) is 17.7 Å². The molecule has 7 heteroatoms. The van der Waals surface area contributed by atoms with E-state index in [0.717, 1.165) is 43.0 Å². The van der Waals surface area contributed by atoms with Gasteiger partial charge in [0, 0.05) is 43.9 Å². The summed E-state index contributed by atoms with van der Waals surface area (Å²) in [6.07, 6.45) is 1.50. The number of urea groups is 1. The van der Waals surface area contributed by atoms with Crippen LogP contribution in [0, 0.1) is 13.8 Å². The van der Waals surface area contributed by atoms with Gasteiger partial charge in [-0.05, 0) is 25.5 Å². The highest BCUT2D eigenvalue weighted by Gasteiger charge is 2.45. The van der Waals surface area contributed by atoms with Crippen LogP contribution in [0.2, 0.25) is 0 Å². The Labute approximate surface area is 130 Å². The normalized spacial score (nSPS) is 18.5. The fraction of sp³-hybridized carbons (Fsp3) is 0.400. The van der Waals surface area contributed by atoms with Crippen LogP contribution in [0.4, 0.5) is 10.5 Å². The number of carbonyl (C=O) groups is 1. The summed E-state index contributed by atoms with van der Waals surface area (Å²) in [7, 11) is -2.55. The second-order valence-corrected chi connectivity index (χ2v) is 8.34. The lowest BCUT2D eigenvalue weighted by atomic mass is 10.1. The van der Waals surface area contributed by atoms with Gasteiger partial charge in [0.15, 0.2) is 0 Å². The molecular formula is C15H21N4O2P. The van der Waals surface area contributed by atoms with E-state index in [4.69, 9.17) is 0 Å². The molecule has 2 aliphatic rings. The van der Waals surface area contributed by atoms with E-state index in [2.05, 4.69) is 10.6 Å². The van der Waals surface area contributed by atoms with Gasteiger partial charge in [-0.3, -0.25) is 4.57 Å². The Morgan fingerprint density at radius 1 is 1.18 bits per heavy atom. The maximum absolute atomic E-state index is 12.8. The zero-order chi connectivity index (χ0) is 15.7. The van der Waals surface area contributed by atoms with Crippen molar-refractivity contribution in [1.82, 2.24) is 14.7 Å². The first kappa shape index (κ1) is 15.3. The number of benzene rings is 1. The summed E-state index contributed by atoms with van der Waals surface area (Å²) in [6.45, 7) is 7.43. The number of anilines is 1. The molecule has 2 N–H and O–H groups in total. The number of hydrogen-bond donors (Lipinski definition) is 2. The lowest BCUT2D eigenvalue weighted by Gasteiger charge is -2.15. The third-order valence-electron chi connectivity index (χ3n) is 3.77. The monoisotopic (exact) mass is 320 g/mol. The number of nitrogens with one attached hydrogen (secondary N) is 2. The van der Waals surface area contributed by atoms with E-state index in [9.17, 15) is 9.36 Å². The highest BCUT2D eigenvalue weighted by atomic mass is 31.2. The summed E-state index contributed by atoms with van der Waals surface area (Å²) in [5, 5.41) is 5.43. The van der Waals surface area contributed by atoms with Crippen LogP contribution in [-0.4, -0.2) is 41.6 Å². The average Bonchev–Trinajstić information content (AvgIpc) is 3.33. The van der Waals surface area contributed by atoms with Crippen LogP contribution >= 0.6 is 7.44 Å². The SMILES string of the molecule is Cc1ccc(NC(=O)NC=CP(=O)(N2CC2)N2CC2)c(C)c1. The first-order valence-electron chi connectivity index (χ1n) is 7.42. The standard InChI is InChI=1S/C15H21N4O2P/c1-12-3-4-14(13(2)11-12)17-15(20)16-5-10-22(21,18-6-7-18)19-8-9-19/h3-5,10-11H,6-9H2,1-2H3,(H2,16,17,20). The lowest BCUT2D eigenvalue weighted by molar-refractivity contribution is 0.255. The Balaban J connectivity index is 1.57. The molecule has 2 fully saturated rings. The second-order valence-electron chi connectivity index (χ2n) is 5.73. The quantitative estimate of drug-likeness (QED) is 0.647. The van der Waals surface area contributed by atoms with Gasteiger partial charge in [0.1, 0.15) is 0 Å². The number of hydrogen-bond acceptors (Lipinski definition) is 2. The van der Waals surface area contributed by atoms with Crippen LogP contribution in [0.1, 0.15) is 11.1 Å². The minimum absolute atomic E-state index is 0.327. The molecule has 0 aliphatic carbocycles. The number of nitrogens with zero attached hydrogens (tertiary/aromatic N) is 2. The minimum Gasteiger partial charge on any atom is -0.314 e. The van der Waals surface area contributed by atoms with Gasteiger partial charge in [-0.25, -0.2) is 14.1 Å². The summed E-state index contributed by atoms with van der Waals surface area (Å²) in [6, 6.07) is 5.52. The molecule has 0 radical (unpaired) electrons. The fourth-order valence-corrected chi connectivity index (χ4v) is 4.68. The van der Waals surface area contributed by atoms with Crippen LogP contribution in [0.3, 0.4) is 0 Å². The van der Waals surface area contributed by atoms with Gasteiger partial charge in [0.2, 0.25) is 7.44 Å². The van der Waals surface area contributed by atoms with E-state index in [1.807, 2.05) is 41.4 Å². The maximum Gasteiger partial charge on any atom is 0.323 e. The van der Waals surface area contributed by atoms with Crippen molar-refractivity contribution in [2.45, 2.75) is 13.8 Å². The molecule has 118 valence electrons. The van der Waals surface area contributed by atoms with Crippen molar-refractivity contribution in [3.05, 3.63) is 41.3 Å². The third-order valence-corrected chi connectivity index (χ3v) is 6.73. The summed E-state index contributed by atoms with van der Waals surface area (Å²) in [5.74, 6) is 1.63. The Kier molecular flexibility index (Phi) is 4.08. The Hall–Kier alpha value is -1.62. The molecule has 0 atom stereocenters. The average molecular weight is 320 g/mol. The van der Waals surface area contributed by atoms with Crippen molar-refractivity contribution < 1.29 is 9.36 Å². The molecule has 0 saturated carbocycles. The van der Waals surface area contributed by atoms with Gasteiger partial charge in [-0.2, -0.15) is 0 Å². The number of amides is 2. The molecule has 2 aliphatic heterocycles. The number of carbonyl (C=O) groups excluding carboxylic acids is 1. The van der Waals surface area contributed by atoms with E-state index in [0.29, 0.717) is 0 Å². The second kappa shape index (κ2) is 5.88. The third kappa shape index (κ3) is 3.40. The number of aryl methyl sites for hydroxylation is 2. The molecule has 2 saturated heterocycles. The van der Waals surface area contributed by atoms with Crippen LogP contribution in [0.15, 0.2) is 30.2 Å². The van der Waals surface area contributed by atoms with Crippen LogP contribution in [0.25, 0.3) is 0 Å². The van der Waals surface area contributed by atoms with Gasteiger partial charge < -0.3 is 10.6 Å². The molecular weight excluding hydrogens is 299 g/mol. The summed E-state index contributed by atoms with van der Waals surface area (Å²) in [5.41, 5.74) is 2.94. The van der Waals surface area contributed by atoms with E-state index >= 15 is 0 Å². The first-order chi connectivity index (χ1) is 10.5. The molecule has 22 heavy (non-hydrogen) atoms. The lowest BCUT2D eigenvalue weighted by Crippen LogP contribution is -2.24. The maximum atomic E-state index is 12.8. The predicted octanol–water partition coefficient (Wildman–Crippen LogP) is 2.72. The molecule has 0 aromatic heterocycles. The zero-order valence-corrected chi connectivity index (χ0v) is 13.8. The zero-order valence-electron chi connectivity index (χ0n) is 12.9. The minimum atomic E-state index is -2.55. The van der Waals surface area contributed by atoms with Crippen molar-refractivity contribution in [1.29, 1.82) is 0 Å². The molecule has 2 heterocycles. The van der Waals surface area contributed by atoms with Gasteiger partial charge in [0.05, 0.1) is 0 Å². The van der Waals surface area contributed by atoms with E-state index in [-0.39, 0.29) is 6.03 Å². The van der Waals surface area contributed by atoms with Gasteiger partial charge in [-0.15, -0.1) is 0 Å². The first-order valence-corrected chi connectivity index (χ1v) is 9.10. The van der Waals surface area contributed by atoms with E-state index in [1.165, 1.54) is 6.20 Å². The molecule has 3 rings (SSSR count). The summed E-state index contributed by atoms with van der Waals surface area (Å²) < 4.78 is 16.7. The summed E-state index contributed by atoms with van der Waals surface area (Å²) >= 11 is 0. The smallest absolute Gasteiger partial charge is 0.314 e. The van der Waals surface area contributed by atoms with Crippen LogP contribution in [0.5, 0.6) is 0 Å². The molecule has 2 amide bonds. The van der Waals surface area contributed by atoms with Gasteiger partial charge in [0.25, 0.3) is 0 Å². The largest absolute Gasteiger partial charge is 0.323 e. The highest BCUT2D eigenvalue weighted by molar-refractivity contribution is 7.62. The fourth-order valence-electron chi connectivity index (χ4n) is 2.35. The number of rotatable bonds is 5. The molecule has 0 bridgehead atoms. The molecule has 1 aromatic carbocycles. The Morgan fingerprint density at radius 3 is 2.36 bits per heavy atom. The Morgan fingerprint density at radius 2 is 1.82 bits per heavy atom. The van der Waals surface area contributed by atoms with Gasteiger partial charge >= 0.3 is 6.03 Å². The van der Waals surface area contributed by atoms with Crippen molar-refractivity contribution in [3.8, 4) is 0 Å². The van der Waals surface area contributed by atoms with Crippen molar-refractivity contribution >= 4 is 19.2 Å². The summed E-state index contributed by atoms with van der Waals surface area (Å²) in [4.78, 5) is 11.9. The molecule has 6 nitrogen and oxygen atoms in total. The van der Waals surface area contributed by atoms with Crippen molar-refractivity contribution in [3.63, 3.8) is 0 Å². The topological polar surface area (TPSA) is 64.2 Å². The van der Waals surface area contributed by atoms with E-state index < -0.39 is 7.44 Å². The molecule has 0 unspecified atom stereocenters.